The summed E-state index contributed by atoms with van der Waals surface area (Å²) in [7, 11) is 0. The first-order chi connectivity index (χ1) is 8.70. The zero-order valence-corrected chi connectivity index (χ0v) is 11.2. The van der Waals surface area contributed by atoms with Crippen LogP contribution >= 0.6 is 22.9 Å². The highest BCUT2D eigenvalue weighted by Crippen LogP contribution is 2.27. The van der Waals surface area contributed by atoms with E-state index in [9.17, 15) is 4.79 Å². The fourth-order valence-electron chi connectivity index (χ4n) is 1.37. The van der Waals surface area contributed by atoms with E-state index in [0.29, 0.717) is 28.8 Å². The predicted octanol–water partition coefficient (Wildman–Crippen LogP) is 3.45. The molecule has 0 unspecified atom stereocenters. The minimum absolute atomic E-state index is 0.253. The summed E-state index contributed by atoms with van der Waals surface area (Å²) >= 11 is 7.40. The fraction of sp³-hybridized carbons (Fsp3) is 0.167. The lowest BCUT2D eigenvalue weighted by Crippen LogP contribution is -2.12. The number of ether oxygens (including phenoxy) is 1. The summed E-state index contributed by atoms with van der Waals surface area (Å²) in [5.74, 6) is 0.349. The van der Waals surface area contributed by atoms with Gasteiger partial charge in [-0.1, -0.05) is 11.6 Å². The number of anilines is 1. The average molecular weight is 283 g/mol. The highest BCUT2D eigenvalue weighted by Gasteiger charge is 2.09. The van der Waals surface area contributed by atoms with Crippen molar-refractivity contribution in [3.63, 3.8) is 0 Å². The highest BCUT2D eigenvalue weighted by molar-refractivity contribution is 7.07. The van der Waals surface area contributed by atoms with Crippen LogP contribution in [0, 0.1) is 0 Å². The molecule has 2 rings (SSSR count). The molecule has 1 N–H and O–H groups in total. The van der Waals surface area contributed by atoms with Crippen molar-refractivity contribution in [2.45, 2.75) is 6.92 Å². The van der Waals surface area contributed by atoms with Crippen molar-refractivity contribution >= 4 is 34.5 Å². The second kappa shape index (κ2) is 5.84. The van der Waals surface area contributed by atoms with Crippen molar-refractivity contribution in [1.82, 2.24) is 4.98 Å². The highest BCUT2D eigenvalue weighted by atomic mass is 35.5. The molecule has 0 bridgehead atoms. The Balaban J connectivity index is 2.11. The van der Waals surface area contributed by atoms with Crippen molar-refractivity contribution in [3.8, 4) is 5.75 Å². The summed E-state index contributed by atoms with van der Waals surface area (Å²) < 4.78 is 5.31. The fourth-order valence-corrected chi connectivity index (χ4v) is 2.14. The van der Waals surface area contributed by atoms with Crippen molar-refractivity contribution in [2.24, 2.45) is 0 Å². The molecule has 0 fully saturated rings. The average Bonchev–Trinajstić information content (AvgIpc) is 2.86. The van der Waals surface area contributed by atoms with Crippen molar-refractivity contribution in [1.29, 1.82) is 0 Å². The number of benzene rings is 1. The zero-order valence-electron chi connectivity index (χ0n) is 9.64. The van der Waals surface area contributed by atoms with E-state index in [0.717, 1.165) is 0 Å². The SMILES string of the molecule is CCOc1ccc(NC(=O)c2cscn2)cc1Cl. The summed E-state index contributed by atoms with van der Waals surface area (Å²) in [5.41, 5.74) is 2.62. The lowest BCUT2D eigenvalue weighted by molar-refractivity contribution is 0.102. The van der Waals surface area contributed by atoms with Crippen LogP contribution in [0.3, 0.4) is 0 Å². The van der Waals surface area contributed by atoms with Crippen molar-refractivity contribution in [2.75, 3.05) is 11.9 Å². The third-order valence-electron chi connectivity index (χ3n) is 2.15. The molecule has 0 aliphatic carbocycles. The molecular formula is C12H11ClN2O2S. The number of hydrogen-bond acceptors (Lipinski definition) is 4. The summed E-state index contributed by atoms with van der Waals surface area (Å²) in [6, 6.07) is 5.11. The van der Waals surface area contributed by atoms with E-state index in [2.05, 4.69) is 10.3 Å². The number of halogens is 1. The van der Waals surface area contributed by atoms with E-state index >= 15 is 0 Å². The molecule has 0 saturated heterocycles. The quantitative estimate of drug-likeness (QED) is 0.934. The minimum Gasteiger partial charge on any atom is -0.492 e. The number of hydrogen-bond donors (Lipinski definition) is 1. The van der Waals surface area contributed by atoms with Gasteiger partial charge in [0.1, 0.15) is 11.4 Å². The van der Waals surface area contributed by atoms with Gasteiger partial charge in [0.05, 0.1) is 17.1 Å². The van der Waals surface area contributed by atoms with Gasteiger partial charge < -0.3 is 10.1 Å². The first kappa shape index (κ1) is 12.9. The van der Waals surface area contributed by atoms with Crippen LogP contribution in [0.4, 0.5) is 5.69 Å². The molecule has 94 valence electrons. The third kappa shape index (κ3) is 3.00. The second-order valence-electron chi connectivity index (χ2n) is 3.41. The summed E-state index contributed by atoms with van der Waals surface area (Å²) in [6.45, 7) is 2.43. The topological polar surface area (TPSA) is 51.2 Å². The van der Waals surface area contributed by atoms with E-state index in [4.69, 9.17) is 16.3 Å². The van der Waals surface area contributed by atoms with E-state index in [-0.39, 0.29) is 5.91 Å². The number of amides is 1. The van der Waals surface area contributed by atoms with Gasteiger partial charge in [0, 0.05) is 11.1 Å². The van der Waals surface area contributed by atoms with Gasteiger partial charge in [-0.05, 0) is 25.1 Å². The molecule has 0 spiro atoms. The van der Waals surface area contributed by atoms with Gasteiger partial charge in [-0.25, -0.2) is 4.98 Å². The molecule has 1 aromatic carbocycles. The Kier molecular flexibility index (Phi) is 4.17. The number of carbonyl (C=O) groups is 1. The van der Waals surface area contributed by atoms with Gasteiger partial charge in [0.25, 0.3) is 5.91 Å². The summed E-state index contributed by atoms with van der Waals surface area (Å²) in [6.07, 6.45) is 0. The lowest BCUT2D eigenvalue weighted by Gasteiger charge is -2.08. The number of thiazole rings is 1. The summed E-state index contributed by atoms with van der Waals surface area (Å²) in [5, 5.41) is 4.87. The molecule has 4 nitrogen and oxygen atoms in total. The maximum Gasteiger partial charge on any atom is 0.275 e. The first-order valence-electron chi connectivity index (χ1n) is 5.32. The lowest BCUT2D eigenvalue weighted by atomic mass is 10.3. The van der Waals surface area contributed by atoms with Crippen LogP contribution in [-0.4, -0.2) is 17.5 Å². The monoisotopic (exact) mass is 282 g/mol. The molecule has 0 aliphatic rings. The molecule has 1 aromatic heterocycles. The van der Waals surface area contributed by atoms with Crippen LogP contribution in [0.15, 0.2) is 29.1 Å². The standard InChI is InChI=1S/C12H11ClN2O2S/c1-2-17-11-4-3-8(5-9(11)13)15-12(16)10-6-18-7-14-10/h3-7H,2H2,1H3,(H,15,16). The van der Waals surface area contributed by atoms with Gasteiger partial charge >= 0.3 is 0 Å². The molecule has 2 aromatic rings. The maximum atomic E-state index is 11.8. The molecule has 0 saturated carbocycles. The smallest absolute Gasteiger partial charge is 0.275 e. The van der Waals surface area contributed by atoms with Gasteiger partial charge in [-0.2, -0.15) is 0 Å². The van der Waals surface area contributed by atoms with E-state index in [1.165, 1.54) is 11.3 Å². The molecular weight excluding hydrogens is 272 g/mol. The van der Waals surface area contributed by atoms with Crippen LogP contribution < -0.4 is 10.1 Å². The summed E-state index contributed by atoms with van der Waals surface area (Å²) in [4.78, 5) is 15.7. The zero-order chi connectivity index (χ0) is 13.0. The molecule has 1 heterocycles. The predicted molar refractivity (Wildman–Crippen MR) is 72.7 cm³/mol. The largest absolute Gasteiger partial charge is 0.492 e. The van der Waals surface area contributed by atoms with Gasteiger partial charge in [0.2, 0.25) is 0 Å². The Labute approximate surface area is 114 Å². The molecule has 6 heteroatoms. The Hall–Kier alpha value is -1.59. The van der Waals surface area contributed by atoms with Crippen LogP contribution in [-0.2, 0) is 0 Å². The van der Waals surface area contributed by atoms with Crippen LogP contribution in [0.25, 0.3) is 0 Å². The number of rotatable bonds is 4. The molecule has 0 radical (unpaired) electrons. The normalized spacial score (nSPS) is 10.1. The molecule has 0 aliphatic heterocycles. The van der Waals surface area contributed by atoms with Crippen LogP contribution in [0.2, 0.25) is 5.02 Å². The van der Waals surface area contributed by atoms with Gasteiger partial charge in [-0.15, -0.1) is 11.3 Å². The van der Waals surface area contributed by atoms with Crippen molar-refractivity contribution in [3.05, 3.63) is 39.8 Å². The van der Waals surface area contributed by atoms with Crippen LogP contribution in [0.5, 0.6) is 5.75 Å². The number of nitrogens with one attached hydrogen (secondary N) is 1. The van der Waals surface area contributed by atoms with Crippen LogP contribution in [0.1, 0.15) is 17.4 Å². The second-order valence-corrected chi connectivity index (χ2v) is 4.53. The van der Waals surface area contributed by atoms with E-state index in [1.807, 2.05) is 6.92 Å². The molecule has 18 heavy (non-hydrogen) atoms. The number of aromatic nitrogens is 1. The number of nitrogens with zero attached hydrogens (tertiary/aromatic N) is 1. The van der Waals surface area contributed by atoms with Crippen molar-refractivity contribution < 1.29 is 9.53 Å². The molecule has 1 amide bonds. The Morgan fingerprint density at radius 3 is 3.00 bits per heavy atom. The Bertz CT molecular complexity index is 543. The van der Waals surface area contributed by atoms with E-state index < -0.39 is 0 Å². The van der Waals surface area contributed by atoms with E-state index in [1.54, 1.807) is 29.1 Å². The van der Waals surface area contributed by atoms with Gasteiger partial charge in [-0.3, -0.25) is 4.79 Å². The first-order valence-corrected chi connectivity index (χ1v) is 6.64. The molecule has 0 atom stereocenters. The number of carbonyl (C=O) groups excluding carboxylic acids is 1. The Morgan fingerprint density at radius 1 is 1.56 bits per heavy atom. The third-order valence-corrected chi connectivity index (χ3v) is 3.04. The van der Waals surface area contributed by atoms with Gasteiger partial charge in [0.15, 0.2) is 0 Å². The Morgan fingerprint density at radius 2 is 2.39 bits per heavy atom. The maximum absolute atomic E-state index is 11.8. The minimum atomic E-state index is -0.253.